The smallest absolute Gasteiger partial charge is 0.176 e. The normalized spacial score (nSPS) is 13.5. The fourth-order valence-electron chi connectivity index (χ4n) is 3.62. The van der Waals surface area contributed by atoms with Crippen molar-refractivity contribution in [3.63, 3.8) is 0 Å². The van der Waals surface area contributed by atoms with Gasteiger partial charge in [0, 0.05) is 0 Å². The molecule has 0 atom stereocenters. The molecule has 1 heteroatoms. The first-order valence-electron chi connectivity index (χ1n) is 13.8. The van der Waals surface area contributed by atoms with Crippen LogP contribution in [-0.4, -0.2) is 0 Å². The van der Waals surface area contributed by atoms with Crippen LogP contribution in [0.2, 0.25) is 0 Å². The summed E-state index contributed by atoms with van der Waals surface area (Å²) in [7, 11) is 0. The maximum absolute atomic E-state index is 3.64. The largest absolute Gasteiger partial charge is 2.00 e. The third-order valence-electron chi connectivity index (χ3n) is 6.70. The van der Waals surface area contributed by atoms with Gasteiger partial charge in [-0.15, -0.1) is 0 Å². The van der Waals surface area contributed by atoms with Crippen LogP contribution in [-0.2, 0) is 49.6 Å². The number of hydrogen-bond donors (Lipinski definition) is 0. The van der Waals surface area contributed by atoms with E-state index in [1.54, 1.807) is 0 Å². The Bertz CT molecular complexity index is 768. The molecule has 37 heavy (non-hydrogen) atoms. The maximum Gasteiger partial charge on any atom is 2.00 e. The van der Waals surface area contributed by atoms with E-state index < -0.39 is 0 Å². The van der Waals surface area contributed by atoms with Crippen LogP contribution < -0.4 is 0 Å². The standard InChI is InChI=1S/2C18H29.Mn/c2*1-16(2,3)13-10-14(17(4,5)6)12-15(11-13)18(7,8)9;/h2*10-11H,1-9H3;/q2*-1;+2. The molecule has 0 aliphatic rings. The van der Waals surface area contributed by atoms with E-state index >= 15 is 0 Å². The monoisotopic (exact) mass is 545 g/mol. The molecule has 0 aliphatic heterocycles. The van der Waals surface area contributed by atoms with Crippen LogP contribution in [0.3, 0.4) is 0 Å². The van der Waals surface area contributed by atoms with Crippen molar-refractivity contribution in [2.75, 3.05) is 0 Å². The fourth-order valence-corrected chi connectivity index (χ4v) is 3.62. The van der Waals surface area contributed by atoms with E-state index in [1.165, 1.54) is 33.4 Å². The quantitative estimate of drug-likeness (QED) is 0.228. The molecule has 209 valence electrons. The summed E-state index contributed by atoms with van der Waals surface area (Å²) in [6.07, 6.45) is 0. The van der Waals surface area contributed by atoms with Gasteiger partial charge < -0.3 is 0 Å². The molecule has 0 aromatic heterocycles. The minimum absolute atomic E-state index is 0. The van der Waals surface area contributed by atoms with Crippen molar-refractivity contribution in [2.24, 2.45) is 0 Å². The van der Waals surface area contributed by atoms with Crippen LogP contribution in [0.1, 0.15) is 158 Å². The Morgan fingerprint density at radius 1 is 0.324 bits per heavy atom. The van der Waals surface area contributed by atoms with Crippen LogP contribution in [0.15, 0.2) is 24.3 Å². The van der Waals surface area contributed by atoms with E-state index in [0.717, 1.165) is 0 Å². The van der Waals surface area contributed by atoms with Gasteiger partial charge in [0.2, 0.25) is 0 Å². The Morgan fingerprint density at radius 3 is 0.595 bits per heavy atom. The van der Waals surface area contributed by atoms with Crippen LogP contribution >= 0.6 is 0 Å². The number of hydrogen-bond acceptors (Lipinski definition) is 0. The Balaban J connectivity index is 0.000000682. The Labute approximate surface area is 243 Å². The Morgan fingerprint density at radius 2 is 0.486 bits per heavy atom. The first-order chi connectivity index (χ1) is 15.6. The van der Waals surface area contributed by atoms with E-state index in [2.05, 4.69) is 161 Å². The molecule has 2 aromatic rings. The first kappa shape index (κ1) is 36.0. The molecule has 0 heterocycles. The molecule has 0 N–H and O–H groups in total. The average molecular weight is 546 g/mol. The molecule has 0 unspecified atom stereocenters. The van der Waals surface area contributed by atoms with Crippen LogP contribution in [0, 0.1) is 12.1 Å². The zero-order chi connectivity index (χ0) is 28.7. The van der Waals surface area contributed by atoms with E-state index in [0.29, 0.717) is 0 Å². The van der Waals surface area contributed by atoms with Gasteiger partial charge in [-0.05, 0) is 32.5 Å². The van der Waals surface area contributed by atoms with Crippen LogP contribution in [0.25, 0.3) is 0 Å². The minimum atomic E-state index is 0. The predicted molar refractivity (Wildman–Crippen MR) is 163 cm³/mol. The van der Waals surface area contributed by atoms with E-state index in [9.17, 15) is 0 Å². The summed E-state index contributed by atoms with van der Waals surface area (Å²) in [6, 6.07) is 16.6. The summed E-state index contributed by atoms with van der Waals surface area (Å²) in [4.78, 5) is 0. The molecule has 2 rings (SSSR count). The summed E-state index contributed by atoms with van der Waals surface area (Å²) in [5.74, 6) is 0. The second-order valence-electron chi connectivity index (χ2n) is 16.9. The summed E-state index contributed by atoms with van der Waals surface area (Å²) in [5.41, 5.74) is 9.10. The van der Waals surface area contributed by atoms with Crippen molar-refractivity contribution in [2.45, 2.75) is 157 Å². The van der Waals surface area contributed by atoms with Crippen molar-refractivity contribution < 1.29 is 17.1 Å². The van der Waals surface area contributed by atoms with Gasteiger partial charge in [-0.1, -0.05) is 125 Å². The molecular formula is C36H58Mn. The zero-order valence-electron chi connectivity index (χ0n) is 27.7. The average Bonchev–Trinajstić information content (AvgIpc) is 2.63. The molecule has 1 radical (unpaired) electrons. The SMILES string of the molecule is CC(C)(C)c1[c-]c(C(C)(C)C)cc(C(C)(C)C)c1.CC(C)(C)c1[c-]c(C(C)(C)C)cc(C(C)(C)C)c1.[Mn+2]. The fraction of sp³-hybridized carbons (Fsp3) is 0.667. The summed E-state index contributed by atoms with van der Waals surface area (Å²) >= 11 is 0. The zero-order valence-corrected chi connectivity index (χ0v) is 28.9. The molecule has 2 aromatic carbocycles. The van der Waals surface area contributed by atoms with Crippen molar-refractivity contribution in [3.8, 4) is 0 Å². The second kappa shape index (κ2) is 11.6. The first-order valence-corrected chi connectivity index (χ1v) is 13.8. The molecule has 0 nitrogen and oxygen atoms in total. The van der Waals surface area contributed by atoms with Crippen LogP contribution in [0.5, 0.6) is 0 Å². The van der Waals surface area contributed by atoms with Gasteiger partial charge in [-0.3, -0.25) is 0 Å². The van der Waals surface area contributed by atoms with Gasteiger partial charge in [0.05, 0.1) is 0 Å². The molecule has 0 fully saturated rings. The van der Waals surface area contributed by atoms with Gasteiger partial charge in [0.25, 0.3) is 0 Å². The minimum Gasteiger partial charge on any atom is -0.176 e. The summed E-state index contributed by atoms with van der Waals surface area (Å²) < 4.78 is 0. The Kier molecular flexibility index (Phi) is 11.3. The van der Waals surface area contributed by atoms with Crippen molar-refractivity contribution in [1.82, 2.24) is 0 Å². The predicted octanol–water partition coefficient (Wildman–Crippen LogP) is 10.8. The molecule has 0 amide bonds. The topological polar surface area (TPSA) is 0 Å². The molecule has 0 saturated carbocycles. The summed E-state index contributed by atoms with van der Waals surface area (Å²) in [6.45, 7) is 40.8. The van der Waals surface area contributed by atoms with Gasteiger partial charge in [-0.25, -0.2) is 0 Å². The van der Waals surface area contributed by atoms with Gasteiger partial charge in [-0.2, -0.15) is 69.8 Å². The third-order valence-corrected chi connectivity index (χ3v) is 6.70. The Hall–Kier alpha value is -1.04. The molecule has 0 aliphatic carbocycles. The second-order valence-corrected chi connectivity index (χ2v) is 16.9. The maximum atomic E-state index is 3.64. The van der Waals surface area contributed by atoms with Gasteiger partial charge in [0.1, 0.15) is 0 Å². The molecule has 0 saturated heterocycles. The van der Waals surface area contributed by atoms with Crippen LogP contribution in [0.4, 0.5) is 0 Å². The number of rotatable bonds is 0. The van der Waals surface area contributed by atoms with E-state index in [1.807, 2.05) is 0 Å². The van der Waals surface area contributed by atoms with Gasteiger partial charge in [0.15, 0.2) is 0 Å². The van der Waals surface area contributed by atoms with E-state index in [4.69, 9.17) is 0 Å². The molecular weight excluding hydrogens is 487 g/mol. The summed E-state index contributed by atoms with van der Waals surface area (Å²) in [5, 5.41) is 0. The molecule has 0 spiro atoms. The number of benzene rings is 2. The van der Waals surface area contributed by atoms with Crippen molar-refractivity contribution >= 4 is 0 Å². The van der Waals surface area contributed by atoms with Crippen molar-refractivity contribution in [1.29, 1.82) is 0 Å². The van der Waals surface area contributed by atoms with Crippen molar-refractivity contribution in [3.05, 3.63) is 69.8 Å². The van der Waals surface area contributed by atoms with E-state index in [-0.39, 0.29) is 49.6 Å². The van der Waals surface area contributed by atoms with Gasteiger partial charge >= 0.3 is 17.1 Å². The molecule has 0 bridgehead atoms. The third kappa shape index (κ3) is 10.9.